The van der Waals surface area contributed by atoms with Gasteiger partial charge in [-0.15, -0.1) is 0 Å². The average Bonchev–Trinajstić information content (AvgIpc) is 2.64. The summed E-state index contributed by atoms with van der Waals surface area (Å²) in [4.78, 5) is 0. The van der Waals surface area contributed by atoms with E-state index in [1.54, 1.807) is 0 Å². The average molecular weight is 325 g/mol. The summed E-state index contributed by atoms with van der Waals surface area (Å²) >= 11 is 0. The lowest BCUT2D eigenvalue weighted by Gasteiger charge is -2.23. The van der Waals surface area contributed by atoms with E-state index in [1.165, 1.54) is 49.3 Å². The summed E-state index contributed by atoms with van der Waals surface area (Å²) in [5.74, 6) is 0.540. The summed E-state index contributed by atoms with van der Waals surface area (Å²) in [6, 6.07) is 23.4. The Labute approximate surface area is 142 Å². The second-order valence-electron chi connectivity index (χ2n) is 6.65. The van der Waals surface area contributed by atoms with Crippen LogP contribution in [0.15, 0.2) is 60.7 Å². The lowest BCUT2D eigenvalue weighted by molar-refractivity contribution is 0.0649. The van der Waals surface area contributed by atoms with E-state index in [-0.39, 0.29) is 9.52 Å². The number of benzene rings is 2. The Morgan fingerprint density at radius 2 is 1.57 bits per heavy atom. The van der Waals surface area contributed by atoms with Gasteiger partial charge in [-0.3, -0.25) is 0 Å². The van der Waals surface area contributed by atoms with Gasteiger partial charge in [0, 0.05) is 18.3 Å². The zero-order valence-electron chi connectivity index (χ0n) is 14.0. The molecule has 1 unspecified atom stereocenters. The van der Waals surface area contributed by atoms with Crippen molar-refractivity contribution in [1.82, 2.24) is 0 Å². The molecule has 23 heavy (non-hydrogen) atoms. The van der Waals surface area contributed by atoms with E-state index in [4.69, 9.17) is 4.74 Å². The SMILES string of the molecule is c1ccc(C(CCC[SiH2]C2CCCCO2)c2ccccc2)cc1. The Balaban J connectivity index is 1.56. The molecule has 1 aliphatic heterocycles. The lowest BCUT2D eigenvalue weighted by atomic mass is 9.88. The fourth-order valence-electron chi connectivity index (χ4n) is 3.65. The normalized spacial score (nSPS) is 18.7. The molecule has 0 bridgehead atoms. The van der Waals surface area contributed by atoms with Crippen molar-refractivity contribution >= 4 is 9.52 Å². The lowest BCUT2D eigenvalue weighted by Crippen LogP contribution is -2.25. The first-order valence-electron chi connectivity index (χ1n) is 9.15. The van der Waals surface area contributed by atoms with Gasteiger partial charge in [-0.2, -0.15) is 0 Å². The van der Waals surface area contributed by atoms with Gasteiger partial charge in [0.15, 0.2) is 0 Å². The predicted octanol–water partition coefficient (Wildman–Crippen LogP) is 4.71. The zero-order chi connectivity index (χ0) is 15.7. The minimum atomic E-state index is -0.0593. The molecule has 0 aliphatic carbocycles. The van der Waals surface area contributed by atoms with Gasteiger partial charge >= 0.3 is 0 Å². The second kappa shape index (κ2) is 9.04. The van der Waals surface area contributed by atoms with Gasteiger partial charge in [0.05, 0.1) is 9.52 Å². The first-order valence-corrected chi connectivity index (χ1v) is 11.0. The van der Waals surface area contributed by atoms with E-state index in [0.29, 0.717) is 11.6 Å². The van der Waals surface area contributed by atoms with Crippen LogP contribution in [0.5, 0.6) is 0 Å². The molecule has 1 saturated heterocycles. The van der Waals surface area contributed by atoms with E-state index in [2.05, 4.69) is 60.7 Å². The van der Waals surface area contributed by atoms with Crippen molar-refractivity contribution in [3.63, 3.8) is 0 Å². The molecular formula is C21H28OSi. The maximum absolute atomic E-state index is 5.92. The van der Waals surface area contributed by atoms with Crippen LogP contribution in [0, 0.1) is 0 Å². The largest absolute Gasteiger partial charge is 0.382 e. The number of ether oxygens (including phenoxy) is 1. The van der Waals surface area contributed by atoms with Gasteiger partial charge in [-0.25, -0.2) is 0 Å². The van der Waals surface area contributed by atoms with Crippen molar-refractivity contribution in [3.05, 3.63) is 71.8 Å². The van der Waals surface area contributed by atoms with Crippen molar-refractivity contribution in [2.75, 3.05) is 6.61 Å². The molecule has 1 aliphatic rings. The second-order valence-corrected chi connectivity index (χ2v) is 8.84. The monoisotopic (exact) mass is 324 g/mol. The standard InChI is InChI=1S/C21H28OSi/c1-3-10-18(11-4-1)20(19-12-5-2-6-13-19)14-9-17-23-21-15-7-8-16-22-21/h1-6,10-13,20-21H,7-9,14-17,23H2. The van der Waals surface area contributed by atoms with Crippen molar-refractivity contribution in [2.24, 2.45) is 0 Å². The van der Waals surface area contributed by atoms with Gasteiger partial charge in [0.25, 0.3) is 0 Å². The Morgan fingerprint density at radius 1 is 0.913 bits per heavy atom. The Bertz CT molecular complexity index is 509. The molecule has 0 saturated carbocycles. The van der Waals surface area contributed by atoms with E-state index >= 15 is 0 Å². The highest BCUT2D eigenvalue weighted by Gasteiger charge is 2.16. The highest BCUT2D eigenvalue weighted by molar-refractivity contribution is 6.37. The van der Waals surface area contributed by atoms with Crippen LogP contribution in [0.3, 0.4) is 0 Å². The quantitative estimate of drug-likeness (QED) is 0.529. The highest BCUT2D eigenvalue weighted by Crippen LogP contribution is 2.29. The van der Waals surface area contributed by atoms with Crippen LogP contribution in [-0.4, -0.2) is 21.9 Å². The van der Waals surface area contributed by atoms with Crippen LogP contribution in [0.4, 0.5) is 0 Å². The minimum absolute atomic E-state index is 0.0593. The molecule has 1 heterocycles. The topological polar surface area (TPSA) is 9.23 Å². The molecule has 1 nitrogen and oxygen atoms in total. The third-order valence-corrected chi connectivity index (χ3v) is 7.14. The molecule has 122 valence electrons. The highest BCUT2D eigenvalue weighted by atomic mass is 28.2. The Morgan fingerprint density at radius 3 is 2.13 bits per heavy atom. The van der Waals surface area contributed by atoms with Gasteiger partial charge in [0.2, 0.25) is 0 Å². The third kappa shape index (κ3) is 5.05. The van der Waals surface area contributed by atoms with Crippen LogP contribution in [0.2, 0.25) is 6.04 Å². The van der Waals surface area contributed by atoms with Gasteiger partial charge in [-0.1, -0.05) is 73.1 Å². The first kappa shape index (κ1) is 16.5. The maximum atomic E-state index is 5.92. The molecule has 0 aromatic heterocycles. The van der Waals surface area contributed by atoms with Crippen molar-refractivity contribution in [1.29, 1.82) is 0 Å². The molecule has 1 fully saturated rings. The fourth-order valence-corrected chi connectivity index (χ4v) is 5.60. The summed E-state index contributed by atoms with van der Waals surface area (Å²) in [5.41, 5.74) is 3.57. The number of rotatable bonds is 7. The van der Waals surface area contributed by atoms with Crippen LogP contribution >= 0.6 is 0 Å². The third-order valence-electron chi connectivity index (χ3n) is 4.95. The number of hydrogen-bond acceptors (Lipinski definition) is 1. The molecule has 0 spiro atoms. The van der Waals surface area contributed by atoms with E-state index in [0.717, 1.165) is 6.61 Å². The molecule has 3 rings (SSSR count). The van der Waals surface area contributed by atoms with Crippen molar-refractivity contribution < 1.29 is 4.74 Å². The molecule has 1 atom stereocenters. The van der Waals surface area contributed by atoms with E-state index in [9.17, 15) is 0 Å². The van der Waals surface area contributed by atoms with Gasteiger partial charge in [-0.05, 0) is 36.8 Å². The molecular weight excluding hydrogens is 296 g/mol. The smallest absolute Gasteiger partial charge is 0.0555 e. The fraction of sp³-hybridized carbons (Fsp3) is 0.429. The first-order chi connectivity index (χ1) is 11.4. The van der Waals surface area contributed by atoms with Crippen LogP contribution < -0.4 is 0 Å². The Kier molecular flexibility index (Phi) is 6.48. The zero-order valence-corrected chi connectivity index (χ0v) is 15.4. The number of hydrogen-bond donors (Lipinski definition) is 0. The molecule has 2 aromatic carbocycles. The summed E-state index contributed by atoms with van der Waals surface area (Å²) in [6.45, 7) is 1.01. The summed E-state index contributed by atoms with van der Waals surface area (Å²) in [7, 11) is -0.0593. The Hall–Kier alpha value is -1.38. The maximum Gasteiger partial charge on any atom is 0.0555 e. The van der Waals surface area contributed by atoms with Crippen molar-refractivity contribution in [2.45, 2.75) is 49.8 Å². The van der Waals surface area contributed by atoms with Gasteiger partial charge < -0.3 is 4.74 Å². The summed E-state index contributed by atoms with van der Waals surface area (Å²) < 4.78 is 5.92. The van der Waals surface area contributed by atoms with Crippen LogP contribution in [-0.2, 0) is 4.74 Å². The van der Waals surface area contributed by atoms with E-state index in [1.807, 2.05) is 0 Å². The summed E-state index contributed by atoms with van der Waals surface area (Å²) in [5, 5.41) is 0. The van der Waals surface area contributed by atoms with Crippen molar-refractivity contribution in [3.8, 4) is 0 Å². The molecule has 2 aromatic rings. The van der Waals surface area contributed by atoms with E-state index < -0.39 is 0 Å². The molecule has 0 radical (unpaired) electrons. The molecule has 0 amide bonds. The van der Waals surface area contributed by atoms with Crippen LogP contribution in [0.1, 0.15) is 49.1 Å². The van der Waals surface area contributed by atoms with Gasteiger partial charge in [0.1, 0.15) is 0 Å². The van der Waals surface area contributed by atoms with Crippen LogP contribution in [0.25, 0.3) is 0 Å². The predicted molar refractivity (Wildman–Crippen MR) is 101 cm³/mol. The molecule has 0 N–H and O–H groups in total. The molecule has 2 heteroatoms. The summed E-state index contributed by atoms with van der Waals surface area (Å²) in [6.07, 6.45) is 6.57. The minimum Gasteiger partial charge on any atom is -0.382 e.